The summed E-state index contributed by atoms with van der Waals surface area (Å²) in [5.41, 5.74) is 6.26. The van der Waals surface area contributed by atoms with Crippen molar-refractivity contribution in [1.29, 1.82) is 0 Å². The van der Waals surface area contributed by atoms with Crippen LogP contribution in [0.25, 0.3) is 81.0 Å². The van der Waals surface area contributed by atoms with Gasteiger partial charge in [0.25, 0.3) is 0 Å². The fraction of sp³-hybridized carbons (Fsp3) is 0. The molecule has 6 aromatic carbocycles. The first kappa shape index (κ1) is 21.1. The first-order valence-electron chi connectivity index (χ1n) is 13.1. The Balaban J connectivity index is 1.24. The highest BCUT2D eigenvalue weighted by Crippen LogP contribution is 2.40. The molecule has 0 aliphatic heterocycles. The zero-order valence-electron chi connectivity index (χ0n) is 20.8. The van der Waals surface area contributed by atoms with E-state index in [2.05, 4.69) is 120 Å². The van der Waals surface area contributed by atoms with Crippen LogP contribution in [0.4, 0.5) is 0 Å². The van der Waals surface area contributed by atoms with Crippen LogP contribution in [-0.2, 0) is 0 Å². The van der Waals surface area contributed by atoms with E-state index in [1.165, 1.54) is 52.8 Å². The highest BCUT2D eigenvalue weighted by Gasteiger charge is 2.17. The van der Waals surface area contributed by atoms with Crippen LogP contribution in [0.5, 0.6) is 0 Å². The number of nitrogens with zero attached hydrogens (tertiary/aromatic N) is 2. The van der Waals surface area contributed by atoms with Gasteiger partial charge in [-0.15, -0.1) is 11.3 Å². The summed E-state index contributed by atoms with van der Waals surface area (Å²) >= 11 is 1.80. The van der Waals surface area contributed by atoms with Gasteiger partial charge in [-0.05, 0) is 53.9 Å². The van der Waals surface area contributed by atoms with Crippen molar-refractivity contribution in [1.82, 2.24) is 9.55 Å². The molecule has 182 valence electrons. The largest absolute Gasteiger partial charge is 0.436 e. The highest BCUT2D eigenvalue weighted by molar-refractivity contribution is 7.26. The molecule has 0 N–H and O–H groups in total. The molecule has 39 heavy (non-hydrogen) atoms. The summed E-state index contributed by atoms with van der Waals surface area (Å²) in [4.78, 5) is 5.00. The van der Waals surface area contributed by atoms with E-state index in [0.29, 0.717) is 5.89 Å². The van der Waals surface area contributed by atoms with Crippen molar-refractivity contribution < 1.29 is 4.42 Å². The quantitative estimate of drug-likeness (QED) is 0.229. The molecule has 0 fully saturated rings. The fourth-order valence-electron chi connectivity index (χ4n) is 6.08. The lowest BCUT2D eigenvalue weighted by atomic mass is 10.1. The molecule has 0 amide bonds. The predicted octanol–water partition coefficient (Wildman–Crippen LogP) is 10.1. The lowest BCUT2D eigenvalue weighted by Gasteiger charge is -2.10. The molecule has 0 unspecified atom stereocenters. The summed E-state index contributed by atoms with van der Waals surface area (Å²) in [5.74, 6) is 0.645. The zero-order chi connectivity index (χ0) is 25.5. The Morgan fingerprint density at radius 1 is 0.590 bits per heavy atom. The van der Waals surface area contributed by atoms with E-state index in [-0.39, 0.29) is 0 Å². The Kier molecular flexibility index (Phi) is 4.21. The monoisotopic (exact) mass is 516 g/mol. The summed E-state index contributed by atoms with van der Waals surface area (Å²) in [7, 11) is 0. The Morgan fingerprint density at radius 3 is 2.26 bits per heavy atom. The first-order chi connectivity index (χ1) is 19.3. The van der Waals surface area contributed by atoms with Crippen LogP contribution in [0.2, 0.25) is 0 Å². The molecule has 0 radical (unpaired) electrons. The molecule has 0 saturated heterocycles. The second-order valence-corrected chi connectivity index (χ2v) is 11.1. The topological polar surface area (TPSA) is 31.0 Å². The molecule has 9 aromatic rings. The lowest BCUT2D eigenvalue weighted by molar-refractivity contribution is 0.620. The third-order valence-electron chi connectivity index (χ3n) is 7.83. The molecule has 4 heteroatoms. The number of rotatable bonds is 2. The van der Waals surface area contributed by atoms with Crippen molar-refractivity contribution in [2.45, 2.75) is 0 Å². The molecule has 0 aliphatic carbocycles. The maximum Gasteiger partial charge on any atom is 0.227 e. The van der Waals surface area contributed by atoms with Gasteiger partial charge in [-0.25, -0.2) is 4.98 Å². The van der Waals surface area contributed by atoms with E-state index in [4.69, 9.17) is 9.40 Å². The number of oxazole rings is 1. The van der Waals surface area contributed by atoms with Crippen molar-refractivity contribution in [2.75, 3.05) is 0 Å². The predicted molar refractivity (Wildman–Crippen MR) is 164 cm³/mol. The smallest absolute Gasteiger partial charge is 0.227 e. The van der Waals surface area contributed by atoms with Gasteiger partial charge in [-0.2, -0.15) is 0 Å². The van der Waals surface area contributed by atoms with Crippen LogP contribution in [0.3, 0.4) is 0 Å². The van der Waals surface area contributed by atoms with Crippen molar-refractivity contribution in [3.05, 3.63) is 121 Å². The number of hydrogen-bond donors (Lipinski definition) is 0. The van der Waals surface area contributed by atoms with E-state index in [9.17, 15) is 0 Å². The van der Waals surface area contributed by atoms with Gasteiger partial charge in [0.1, 0.15) is 5.52 Å². The minimum absolute atomic E-state index is 0.645. The van der Waals surface area contributed by atoms with Crippen LogP contribution < -0.4 is 0 Å². The number of aromatic nitrogens is 2. The van der Waals surface area contributed by atoms with Crippen molar-refractivity contribution >= 4 is 75.2 Å². The van der Waals surface area contributed by atoms with Gasteiger partial charge in [0.15, 0.2) is 5.58 Å². The molecule has 0 spiro atoms. The number of fused-ring (bicyclic) bond motifs is 10. The van der Waals surface area contributed by atoms with Crippen LogP contribution >= 0.6 is 11.3 Å². The van der Waals surface area contributed by atoms with Gasteiger partial charge in [0, 0.05) is 47.6 Å². The molecule has 3 nitrogen and oxygen atoms in total. The number of hydrogen-bond acceptors (Lipinski definition) is 3. The molecule has 9 rings (SSSR count). The van der Waals surface area contributed by atoms with E-state index in [0.717, 1.165) is 22.4 Å². The van der Waals surface area contributed by atoms with E-state index in [1.54, 1.807) is 11.3 Å². The molecule has 0 bridgehead atoms. The average Bonchev–Trinajstić information content (AvgIpc) is 3.68. The summed E-state index contributed by atoms with van der Waals surface area (Å²) < 4.78 is 11.2. The van der Waals surface area contributed by atoms with Crippen LogP contribution in [0.1, 0.15) is 0 Å². The lowest BCUT2D eigenvalue weighted by Crippen LogP contribution is -1.94. The molecule has 3 heterocycles. The molecular formula is C35H20N2OS. The SMILES string of the molecule is c1ccc2c(c1)ccc1c3ccccc3n(-c3ccc(-c4nc5c(ccc6sc7ccccc7c65)o4)cc3)c21. The van der Waals surface area contributed by atoms with Gasteiger partial charge in [0.05, 0.1) is 11.0 Å². The van der Waals surface area contributed by atoms with Gasteiger partial charge in [-0.3, -0.25) is 0 Å². The molecule has 0 saturated carbocycles. The summed E-state index contributed by atoms with van der Waals surface area (Å²) in [6.45, 7) is 0. The Labute approximate surface area is 227 Å². The second-order valence-electron chi connectivity index (χ2n) is 9.98. The van der Waals surface area contributed by atoms with E-state index in [1.807, 2.05) is 6.07 Å². The van der Waals surface area contributed by atoms with E-state index >= 15 is 0 Å². The van der Waals surface area contributed by atoms with Gasteiger partial charge < -0.3 is 8.98 Å². The van der Waals surface area contributed by atoms with Crippen LogP contribution in [-0.4, -0.2) is 9.55 Å². The van der Waals surface area contributed by atoms with Crippen molar-refractivity contribution in [3.63, 3.8) is 0 Å². The van der Waals surface area contributed by atoms with Gasteiger partial charge in [0.2, 0.25) is 5.89 Å². The summed E-state index contributed by atoms with van der Waals surface area (Å²) in [6, 6.07) is 43.0. The fourth-order valence-corrected chi connectivity index (χ4v) is 7.18. The van der Waals surface area contributed by atoms with Gasteiger partial charge in [-0.1, -0.05) is 72.8 Å². The second kappa shape index (κ2) is 7.79. The minimum Gasteiger partial charge on any atom is -0.436 e. The maximum absolute atomic E-state index is 6.30. The third-order valence-corrected chi connectivity index (χ3v) is 8.97. The normalized spacial score (nSPS) is 12.1. The minimum atomic E-state index is 0.645. The number of benzene rings is 6. The Morgan fingerprint density at radius 2 is 1.36 bits per heavy atom. The van der Waals surface area contributed by atoms with Crippen LogP contribution in [0, 0.1) is 0 Å². The van der Waals surface area contributed by atoms with Crippen molar-refractivity contribution in [3.8, 4) is 17.1 Å². The average molecular weight is 517 g/mol. The number of para-hydroxylation sites is 1. The molecule has 0 atom stereocenters. The molecular weight excluding hydrogens is 496 g/mol. The third kappa shape index (κ3) is 2.95. The first-order valence-corrected chi connectivity index (χ1v) is 13.9. The summed E-state index contributed by atoms with van der Waals surface area (Å²) in [6.07, 6.45) is 0. The zero-order valence-corrected chi connectivity index (χ0v) is 21.6. The molecule has 0 aliphatic rings. The Hall–Kier alpha value is -4.93. The number of thiophene rings is 1. The van der Waals surface area contributed by atoms with Gasteiger partial charge >= 0.3 is 0 Å². The molecule has 3 aromatic heterocycles. The highest BCUT2D eigenvalue weighted by atomic mass is 32.1. The van der Waals surface area contributed by atoms with E-state index < -0.39 is 0 Å². The Bertz CT molecular complexity index is 2390. The standard InChI is InChI=1S/C35H20N2OS/c1-2-8-24-21(7-1)15-18-26-25-9-3-5-11-28(25)37(34(24)26)23-16-13-22(14-17-23)35-36-33-29(38-35)19-20-31-32(33)27-10-4-6-12-30(27)39-31/h1-20H. The van der Waals surface area contributed by atoms with Crippen molar-refractivity contribution in [2.24, 2.45) is 0 Å². The maximum atomic E-state index is 6.30. The van der Waals surface area contributed by atoms with Crippen LogP contribution in [0.15, 0.2) is 126 Å². The summed E-state index contributed by atoms with van der Waals surface area (Å²) in [5, 5.41) is 7.42.